The summed E-state index contributed by atoms with van der Waals surface area (Å²) in [4.78, 5) is 18.8. The van der Waals surface area contributed by atoms with E-state index in [2.05, 4.69) is 15.8 Å². The molecule has 0 heterocycles. The Kier molecular flexibility index (Phi) is 16.5. The average molecular weight is 414 g/mol. The van der Waals surface area contributed by atoms with E-state index in [1.165, 1.54) is 71.1 Å². The summed E-state index contributed by atoms with van der Waals surface area (Å²) in [6.45, 7) is 3.71. The summed E-state index contributed by atoms with van der Waals surface area (Å²) < 4.78 is 31.9. The van der Waals surface area contributed by atoms with Gasteiger partial charge >= 0.3 is 15.4 Å². The van der Waals surface area contributed by atoms with Crippen LogP contribution in [0.4, 0.5) is 0 Å². The second-order valence-corrected chi connectivity index (χ2v) is 10.5. The van der Waals surface area contributed by atoms with Gasteiger partial charge in [-0.2, -0.15) is 0 Å². The van der Waals surface area contributed by atoms with Gasteiger partial charge in [0.15, 0.2) is 0 Å². The van der Waals surface area contributed by atoms with E-state index in [4.69, 9.17) is 0 Å². The van der Waals surface area contributed by atoms with E-state index in [1.807, 2.05) is 0 Å². The first kappa shape index (κ1) is 26.3. The van der Waals surface area contributed by atoms with Crippen LogP contribution in [0.2, 0.25) is 0 Å². The molecule has 0 aromatic heterocycles. The SMILES string of the molecule is CCCCCCCCCCCCCCCCP(=O)(O)OP(=O)(O)OCC. The summed E-state index contributed by atoms with van der Waals surface area (Å²) in [7, 11) is -8.48. The molecular formula is C18H40O6P2. The Bertz CT molecular complexity index is 416. The lowest BCUT2D eigenvalue weighted by atomic mass is 10.0. The van der Waals surface area contributed by atoms with Crippen LogP contribution in [0.3, 0.4) is 0 Å². The number of hydrogen-bond acceptors (Lipinski definition) is 4. The summed E-state index contributed by atoms with van der Waals surface area (Å²) in [5, 5.41) is 0. The fraction of sp³-hybridized carbons (Fsp3) is 1.00. The molecule has 26 heavy (non-hydrogen) atoms. The average Bonchev–Trinajstić information content (AvgIpc) is 2.54. The maximum atomic E-state index is 11.7. The summed E-state index contributed by atoms with van der Waals surface area (Å²) >= 11 is 0. The minimum atomic E-state index is -4.42. The van der Waals surface area contributed by atoms with Crippen molar-refractivity contribution in [2.45, 2.75) is 104 Å². The van der Waals surface area contributed by atoms with Crippen LogP contribution < -0.4 is 0 Å². The molecule has 2 atom stereocenters. The van der Waals surface area contributed by atoms with Crippen LogP contribution in [0.1, 0.15) is 104 Å². The topological polar surface area (TPSA) is 93.1 Å². The third kappa shape index (κ3) is 17.7. The van der Waals surface area contributed by atoms with Crippen molar-refractivity contribution in [3.63, 3.8) is 0 Å². The standard InChI is InChI=1S/C18H40O6P2/c1-3-5-6-7-8-9-10-11-12-13-14-15-16-17-18-25(19,20)24-26(21,22)23-4-2/h3-18H2,1-2H3,(H,19,20)(H,21,22). The molecule has 0 aliphatic rings. The number of unbranched alkanes of at least 4 members (excludes halogenated alkanes) is 13. The molecule has 0 aliphatic heterocycles. The Hall–Kier alpha value is 0.300. The van der Waals surface area contributed by atoms with Crippen LogP contribution in [-0.4, -0.2) is 22.6 Å². The van der Waals surface area contributed by atoms with Gasteiger partial charge in [0.25, 0.3) is 0 Å². The minimum absolute atomic E-state index is 0.0490. The van der Waals surface area contributed by atoms with Crippen LogP contribution in [0.5, 0.6) is 0 Å². The third-order valence-electron chi connectivity index (χ3n) is 4.32. The van der Waals surface area contributed by atoms with Crippen molar-refractivity contribution < 1.29 is 27.8 Å². The molecule has 2 N–H and O–H groups in total. The lowest BCUT2D eigenvalue weighted by molar-refractivity contribution is 0.204. The number of phosphoric ester groups is 1. The summed E-state index contributed by atoms with van der Waals surface area (Å²) in [6, 6.07) is 0. The van der Waals surface area contributed by atoms with E-state index in [0.29, 0.717) is 6.42 Å². The van der Waals surface area contributed by atoms with Crippen LogP contribution in [-0.2, 0) is 18.0 Å². The second kappa shape index (κ2) is 16.3. The van der Waals surface area contributed by atoms with Crippen molar-refractivity contribution in [3.05, 3.63) is 0 Å². The Labute approximate surface area is 160 Å². The van der Waals surface area contributed by atoms with Crippen LogP contribution in [0.25, 0.3) is 0 Å². The van der Waals surface area contributed by atoms with Gasteiger partial charge in [-0.25, -0.2) is 8.88 Å². The van der Waals surface area contributed by atoms with Crippen LogP contribution >= 0.6 is 15.4 Å². The lowest BCUT2D eigenvalue weighted by Gasteiger charge is -2.15. The van der Waals surface area contributed by atoms with Gasteiger partial charge in [0, 0.05) is 0 Å². The number of rotatable bonds is 19. The predicted octanol–water partition coefficient (Wildman–Crippen LogP) is 6.81. The Morgan fingerprint density at radius 2 is 1.04 bits per heavy atom. The molecule has 6 nitrogen and oxygen atoms in total. The van der Waals surface area contributed by atoms with E-state index in [0.717, 1.165) is 19.3 Å². The van der Waals surface area contributed by atoms with E-state index in [1.54, 1.807) is 0 Å². The Balaban J connectivity index is 3.45. The molecule has 0 aliphatic carbocycles. The molecule has 0 fully saturated rings. The van der Waals surface area contributed by atoms with Gasteiger partial charge in [-0.15, -0.1) is 0 Å². The first-order valence-corrected chi connectivity index (χ1v) is 13.6. The smallest absolute Gasteiger partial charge is 0.324 e. The summed E-state index contributed by atoms with van der Waals surface area (Å²) in [5.41, 5.74) is 0. The highest BCUT2D eigenvalue weighted by Gasteiger charge is 2.32. The van der Waals surface area contributed by atoms with Gasteiger partial charge in [-0.1, -0.05) is 90.4 Å². The third-order valence-corrected chi connectivity index (χ3v) is 7.63. The molecule has 2 unspecified atom stereocenters. The Morgan fingerprint density at radius 1 is 0.654 bits per heavy atom. The normalized spacial score (nSPS) is 16.3. The van der Waals surface area contributed by atoms with Crippen molar-refractivity contribution in [1.29, 1.82) is 0 Å². The molecule has 0 bridgehead atoms. The summed E-state index contributed by atoms with van der Waals surface area (Å²) in [6.07, 6.45) is 16.6. The van der Waals surface area contributed by atoms with Crippen molar-refractivity contribution in [2.75, 3.05) is 12.8 Å². The Morgan fingerprint density at radius 3 is 1.42 bits per heavy atom. The highest BCUT2D eigenvalue weighted by atomic mass is 31.3. The van der Waals surface area contributed by atoms with Crippen molar-refractivity contribution >= 4 is 15.4 Å². The second-order valence-electron chi connectivity index (χ2n) is 6.93. The summed E-state index contributed by atoms with van der Waals surface area (Å²) in [5.74, 6) is 0. The largest absolute Gasteiger partial charge is 0.479 e. The lowest BCUT2D eigenvalue weighted by Crippen LogP contribution is -1.97. The van der Waals surface area contributed by atoms with E-state index < -0.39 is 15.4 Å². The molecule has 0 saturated carbocycles. The first-order valence-electron chi connectivity index (χ1n) is 10.3. The zero-order valence-electron chi connectivity index (χ0n) is 16.7. The molecule has 0 spiro atoms. The molecule has 0 radical (unpaired) electrons. The molecule has 158 valence electrons. The fourth-order valence-electron chi connectivity index (χ4n) is 2.89. The van der Waals surface area contributed by atoms with Crippen molar-refractivity contribution in [3.8, 4) is 0 Å². The molecule has 0 saturated heterocycles. The van der Waals surface area contributed by atoms with Crippen molar-refractivity contribution in [2.24, 2.45) is 0 Å². The van der Waals surface area contributed by atoms with Crippen LogP contribution in [0.15, 0.2) is 0 Å². The highest BCUT2D eigenvalue weighted by Crippen LogP contribution is 2.60. The molecule has 0 aromatic rings. The van der Waals surface area contributed by atoms with E-state index >= 15 is 0 Å². The molecule has 0 rings (SSSR count). The zero-order chi connectivity index (χ0) is 19.7. The highest BCUT2D eigenvalue weighted by molar-refractivity contribution is 7.64. The first-order chi connectivity index (χ1) is 12.3. The van der Waals surface area contributed by atoms with Gasteiger partial charge in [0.1, 0.15) is 0 Å². The predicted molar refractivity (Wildman–Crippen MR) is 108 cm³/mol. The van der Waals surface area contributed by atoms with Gasteiger partial charge in [0.2, 0.25) is 0 Å². The maximum absolute atomic E-state index is 11.7. The zero-order valence-corrected chi connectivity index (χ0v) is 18.5. The maximum Gasteiger partial charge on any atom is 0.479 e. The van der Waals surface area contributed by atoms with E-state index in [-0.39, 0.29) is 12.8 Å². The quantitative estimate of drug-likeness (QED) is 0.178. The fourth-order valence-corrected chi connectivity index (χ4v) is 5.65. The van der Waals surface area contributed by atoms with Gasteiger partial charge in [-0.3, -0.25) is 9.09 Å². The molecule has 0 aromatic carbocycles. The van der Waals surface area contributed by atoms with Gasteiger partial charge in [0.05, 0.1) is 12.8 Å². The monoisotopic (exact) mass is 414 g/mol. The minimum Gasteiger partial charge on any atom is -0.324 e. The molecular weight excluding hydrogens is 374 g/mol. The van der Waals surface area contributed by atoms with Crippen molar-refractivity contribution in [1.82, 2.24) is 0 Å². The molecule has 0 amide bonds. The number of hydrogen-bond donors (Lipinski definition) is 2. The van der Waals surface area contributed by atoms with Gasteiger partial charge < -0.3 is 9.79 Å². The van der Waals surface area contributed by atoms with E-state index in [9.17, 15) is 18.9 Å². The van der Waals surface area contributed by atoms with Gasteiger partial charge in [-0.05, 0) is 13.3 Å². The number of phosphoric acid groups is 1. The van der Waals surface area contributed by atoms with Crippen LogP contribution in [0, 0.1) is 0 Å². The molecule has 8 heteroatoms.